The minimum atomic E-state index is 0.552. The van der Waals surface area contributed by atoms with Crippen molar-refractivity contribution in [1.29, 1.82) is 0 Å². The molecule has 2 unspecified atom stereocenters. The van der Waals surface area contributed by atoms with E-state index in [0.717, 1.165) is 5.92 Å². The molecule has 0 aliphatic carbocycles. The predicted octanol–water partition coefficient (Wildman–Crippen LogP) is 3.43. The van der Waals surface area contributed by atoms with Gasteiger partial charge >= 0.3 is 0 Å². The lowest BCUT2D eigenvalue weighted by molar-refractivity contribution is 0.197. The van der Waals surface area contributed by atoms with Crippen molar-refractivity contribution in [1.82, 2.24) is 4.90 Å². The molecule has 2 rings (SSSR count). The van der Waals surface area contributed by atoms with Gasteiger partial charge in [-0.3, -0.25) is 0 Å². The molecule has 0 radical (unpaired) electrons. The van der Waals surface area contributed by atoms with Crippen molar-refractivity contribution >= 4 is 28.3 Å². The molecule has 3 heteroatoms. The fraction of sp³-hybridized carbons (Fsp3) is 0.571. The molecule has 0 saturated carbocycles. The summed E-state index contributed by atoms with van der Waals surface area (Å²) in [5.41, 5.74) is 1.25. The Balaban J connectivity index is 1.94. The molecular formula is C14H21IN2. The topological polar surface area (TPSA) is 15.3 Å². The Kier molecular flexibility index (Phi) is 4.68. The van der Waals surface area contributed by atoms with Crippen molar-refractivity contribution in [3.63, 3.8) is 0 Å². The molecule has 1 aliphatic heterocycles. The summed E-state index contributed by atoms with van der Waals surface area (Å²) in [6, 6.07) is 9.17. The van der Waals surface area contributed by atoms with Gasteiger partial charge in [-0.1, -0.05) is 6.07 Å². The van der Waals surface area contributed by atoms with Crippen LogP contribution in [0.25, 0.3) is 0 Å². The maximum atomic E-state index is 3.64. The van der Waals surface area contributed by atoms with Crippen LogP contribution in [0.5, 0.6) is 0 Å². The predicted molar refractivity (Wildman–Crippen MR) is 82.5 cm³/mol. The highest BCUT2D eigenvalue weighted by Crippen LogP contribution is 2.22. The molecule has 1 saturated heterocycles. The molecular weight excluding hydrogens is 323 g/mol. The summed E-state index contributed by atoms with van der Waals surface area (Å²) in [5, 5.41) is 3.64. The molecule has 1 N–H and O–H groups in total. The Bertz CT molecular complexity index is 367. The van der Waals surface area contributed by atoms with Crippen LogP contribution in [0, 0.1) is 9.49 Å². The smallest absolute Gasteiger partial charge is 0.0352 e. The third-order valence-corrected chi connectivity index (χ3v) is 4.26. The van der Waals surface area contributed by atoms with E-state index in [1.54, 1.807) is 0 Å². The van der Waals surface area contributed by atoms with Crippen LogP contribution >= 0.6 is 22.6 Å². The van der Waals surface area contributed by atoms with E-state index in [2.05, 4.69) is 71.0 Å². The lowest BCUT2D eigenvalue weighted by Crippen LogP contribution is -2.39. The van der Waals surface area contributed by atoms with Crippen molar-refractivity contribution in [2.75, 3.05) is 25.5 Å². The van der Waals surface area contributed by atoms with Gasteiger partial charge in [-0.25, -0.2) is 0 Å². The summed E-state index contributed by atoms with van der Waals surface area (Å²) >= 11 is 2.36. The van der Waals surface area contributed by atoms with E-state index in [1.807, 2.05) is 0 Å². The quantitative estimate of drug-likeness (QED) is 0.846. The fourth-order valence-corrected chi connectivity index (χ4v) is 3.12. The van der Waals surface area contributed by atoms with Crippen molar-refractivity contribution in [3.8, 4) is 0 Å². The number of hydrogen-bond donors (Lipinski definition) is 1. The first kappa shape index (κ1) is 13.1. The Labute approximate surface area is 118 Å². The highest BCUT2D eigenvalue weighted by molar-refractivity contribution is 14.1. The van der Waals surface area contributed by atoms with Gasteiger partial charge in [-0.2, -0.15) is 0 Å². The molecule has 0 bridgehead atoms. The molecule has 1 heterocycles. The number of benzene rings is 1. The van der Waals surface area contributed by atoms with Gasteiger partial charge in [0.25, 0.3) is 0 Å². The van der Waals surface area contributed by atoms with Crippen LogP contribution in [0.15, 0.2) is 24.3 Å². The zero-order chi connectivity index (χ0) is 12.3. The minimum Gasteiger partial charge on any atom is -0.382 e. The lowest BCUT2D eigenvalue weighted by Gasteiger charge is -2.34. The van der Waals surface area contributed by atoms with Gasteiger partial charge in [0.15, 0.2) is 0 Å². The molecule has 94 valence electrons. The highest BCUT2D eigenvalue weighted by atomic mass is 127. The van der Waals surface area contributed by atoms with Gasteiger partial charge in [-0.05, 0) is 80.1 Å². The van der Waals surface area contributed by atoms with Crippen LogP contribution in [0.1, 0.15) is 19.8 Å². The number of piperidine rings is 1. The number of nitrogens with one attached hydrogen (secondary N) is 1. The first-order valence-corrected chi connectivity index (χ1v) is 7.43. The second-order valence-electron chi connectivity index (χ2n) is 5.11. The summed E-state index contributed by atoms with van der Waals surface area (Å²) in [7, 11) is 2.23. The number of halogens is 1. The van der Waals surface area contributed by atoms with Crippen LogP contribution in [-0.4, -0.2) is 31.1 Å². The molecule has 1 aliphatic rings. The number of nitrogens with zero attached hydrogens (tertiary/aromatic N) is 1. The van der Waals surface area contributed by atoms with Crippen LogP contribution in [-0.2, 0) is 0 Å². The SMILES string of the molecule is CC(Nc1cccc(I)c1)C1CCCN(C)C1. The molecule has 0 spiro atoms. The maximum Gasteiger partial charge on any atom is 0.0352 e. The number of likely N-dealkylation sites (tertiary alicyclic amines) is 1. The van der Waals surface area contributed by atoms with Crippen LogP contribution in [0.2, 0.25) is 0 Å². The van der Waals surface area contributed by atoms with E-state index < -0.39 is 0 Å². The molecule has 0 amide bonds. The van der Waals surface area contributed by atoms with Gasteiger partial charge in [0.2, 0.25) is 0 Å². The van der Waals surface area contributed by atoms with E-state index in [0.29, 0.717) is 6.04 Å². The molecule has 1 fully saturated rings. The van der Waals surface area contributed by atoms with Crippen LogP contribution in [0.4, 0.5) is 5.69 Å². The summed E-state index contributed by atoms with van der Waals surface area (Å²) in [6.07, 6.45) is 2.68. The van der Waals surface area contributed by atoms with Gasteiger partial charge in [0, 0.05) is 21.8 Å². The monoisotopic (exact) mass is 344 g/mol. The minimum absolute atomic E-state index is 0.552. The van der Waals surface area contributed by atoms with Gasteiger partial charge in [-0.15, -0.1) is 0 Å². The molecule has 2 nitrogen and oxygen atoms in total. The van der Waals surface area contributed by atoms with Crippen LogP contribution < -0.4 is 5.32 Å². The Morgan fingerprint density at radius 1 is 1.47 bits per heavy atom. The van der Waals surface area contributed by atoms with Gasteiger partial charge in [0.05, 0.1) is 0 Å². The number of rotatable bonds is 3. The first-order valence-electron chi connectivity index (χ1n) is 6.36. The first-order chi connectivity index (χ1) is 8.15. The zero-order valence-corrected chi connectivity index (χ0v) is 12.8. The van der Waals surface area contributed by atoms with E-state index in [1.165, 1.54) is 35.2 Å². The van der Waals surface area contributed by atoms with E-state index in [4.69, 9.17) is 0 Å². The van der Waals surface area contributed by atoms with E-state index in [-0.39, 0.29) is 0 Å². The lowest BCUT2D eigenvalue weighted by atomic mass is 9.92. The number of anilines is 1. The largest absolute Gasteiger partial charge is 0.382 e. The highest BCUT2D eigenvalue weighted by Gasteiger charge is 2.22. The normalized spacial score (nSPS) is 23.4. The van der Waals surface area contributed by atoms with Gasteiger partial charge in [0.1, 0.15) is 0 Å². The van der Waals surface area contributed by atoms with Crippen LogP contribution in [0.3, 0.4) is 0 Å². The second kappa shape index (κ2) is 6.05. The standard InChI is InChI=1S/C14H21IN2/c1-11(12-5-4-8-17(2)10-12)16-14-7-3-6-13(15)9-14/h3,6-7,9,11-12,16H,4-5,8,10H2,1-2H3. The van der Waals surface area contributed by atoms with E-state index >= 15 is 0 Å². The molecule has 1 aromatic carbocycles. The third-order valence-electron chi connectivity index (χ3n) is 3.59. The Hall–Kier alpha value is -0.290. The fourth-order valence-electron chi connectivity index (χ4n) is 2.57. The van der Waals surface area contributed by atoms with E-state index in [9.17, 15) is 0 Å². The molecule has 2 atom stereocenters. The Morgan fingerprint density at radius 3 is 3.00 bits per heavy atom. The average Bonchev–Trinajstić information content (AvgIpc) is 2.29. The molecule has 1 aromatic rings. The zero-order valence-electron chi connectivity index (χ0n) is 10.6. The summed E-state index contributed by atoms with van der Waals surface area (Å²) in [5.74, 6) is 0.770. The van der Waals surface area contributed by atoms with Crippen molar-refractivity contribution < 1.29 is 0 Å². The molecule has 0 aromatic heterocycles. The third kappa shape index (κ3) is 3.85. The summed E-state index contributed by atoms with van der Waals surface area (Å²) < 4.78 is 1.29. The second-order valence-corrected chi connectivity index (χ2v) is 6.35. The van der Waals surface area contributed by atoms with Crippen molar-refractivity contribution in [2.24, 2.45) is 5.92 Å². The summed E-state index contributed by atoms with van der Waals surface area (Å²) in [4.78, 5) is 2.45. The number of hydrogen-bond acceptors (Lipinski definition) is 2. The average molecular weight is 344 g/mol. The van der Waals surface area contributed by atoms with Crippen molar-refractivity contribution in [2.45, 2.75) is 25.8 Å². The van der Waals surface area contributed by atoms with Crippen molar-refractivity contribution in [3.05, 3.63) is 27.8 Å². The van der Waals surface area contributed by atoms with Gasteiger partial charge < -0.3 is 10.2 Å². The molecule has 17 heavy (non-hydrogen) atoms. The summed E-state index contributed by atoms with van der Waals surface area (Å²) in [6.45, 7) is 4.79. The maximum absolute atomic E-state index is 3.64. The Morgan fingerprint density at radius 2 is 2.29 bits per heavy atom.